The van der Waals surface area contributed by atoms with E-state index in [4.69, 9.17) is 0 Å². The van der Waals surface area contributed by atoms with Crippen molar-refractivity contribution < 1.29 is 0 Å². The molecule has 0 bridgehead atoms. The molecule has 0 fully saturated rings. The van der Waals surface area contributed by atoms with Crippen LogP contribution in [-0.2, 0) is 0 Å². The fourth-order valence-electron chi connectivity index (χ4n) is 2.02. The van der Waals surface area contributed by atoms with Gasteiger partial charge < -0.3 is 0 Å². The van der Waals surface area contributed by atoms with Gasteiger partial charge in [0, 0.05) is 0 Å². The summed E-state index contributed by atoms with van der Waals surface area (Å²) in [4.78, 5) is 0. The molecule has 0 radical (unpaired) electrons. The standard InChI is InChI=1S/C19H30SeTe/c1-3-5-7-8-9-13-16-19(21-17-6-4-2)20-18-14-11-10-12-15-18/h10-12,14-16H,3-9,13,17H2,1-2H3/b19-16+. The average Bonchev–Trinajstić information content (AvgIpc) is 2.51. The second-order valence-corrected chi connectivity index (χ2v) is 12.7. The van der Waals surface area contributed by atoms with Gasteiger partial charge in [0.25, 0.3) is 0 Å². The minimum absolute atomic E-state index is 0.0988. The van der Waals surface area contributed by atoms with E-state index in [1.807, 2.05) is 2.52 Å². The van der Waals surface area contributed by atoms with Crippen molar-refractivity contribution in [3.8, 4) is 0 Å². The Morgan fingerprint density at radius 3 is 2.38 bits per heavy atom. The van der Waals surface area contributed by atoms with Crippen LogP contribution in [0, 0.1) is 0 Å². The van der Waals surface area contributed by atoms with Crippen LogP contribution in [0.15, 0.2) is 38.9 Å². The Labute approximate surface area is 148 Å². The quantitative estimate of drug-likeness (QED) is 0.297. The molecule has 1 aromatic carbocycles. The number of hydrogen-bond donors (Lipinski definition) is 0. The molecule has 0 aliphatic carbocycles. The Kier molecular flexibility index (Phi) is 12.8. The SMILES string of the molecule is CCCCCCC/C=C(\[Se]c1ccccc1)[Te]CCCC. The molecule has 0 aliphatic heterocycles. The van der Waals surface area contributed by atoms with E-state index in [9.17, 15) is 0 Å². The van der Waals surface area contributed by atoms with Crippen LogP contribution in [0.3, 0.4) is 0 Å². The summed E-state index contributed by atoms with van der Waals surface area (Å²) in [6.45, 7) is 4.60. The Morgan fingerprint density at radius 1 is 0.952 bits per heavy atom. The number of unbranched alkanes of at least 4 members (excludes halogenated alkanes) is 6. The summed E-state index contributed by atoms with van der Waals surface area (Å²) in [5.41, 5.74) is 0. The van der Waals surface area contributed by atoms with Crippen molar-refractivity contribution in [2.24, 2.45) is 0 Å². The summed E-state index contributed by atoms with van der Waals surface area (Å²) in [7, 11) is 0. The van der Waals surface area contributed by atoms with Gasteiger partial charge in [-0.3, -0.25) is 0 Å². The molecular formula is C19H30SeTe. The maximum absolute atomic E-state index is 2.62. The topological polar surface area (TPSA) is 0 Å². The third-order valence-corrected chi connectivity index (χ3v) is 10.7. The van der Waals surface area contributed by atoms with Crippen molar-refractivity contribution in [3.63, 3.8) is 0 Å². The molecule has 0 nitrogen and oxygen atoms in total. The second kappa shape index (κ2) is 13.9. The molecule has 0 unspecified atom stereocenters. The Morgan fingerprint density at radius 2 is 1.67 bits per heavy atom. The van der Waals surface area contributed by atoms with E-state index in [1.165, 1.54) is 55.8 Å². The molecular weight excluding hydrogens is 435 g/mol. The summed E-state index contributed by atoms with van der Waals surface area (Å²) >= 11 is 0.697. The van der Waals surface area contributed by atoms with Crippen molar-refractivity contribution in [1.82, 2.24) is 0 Å². The van der Waals surface area contributed by atoms with E-state index in [0.29, 0.717) is 15.0 Å². The third-order valence-electron chi connectivity index (χ3n) is 3.32. The molecule has 21 heavy (non-hydrogen) atoms. The van der Waals surface area contributed by atoms with Gasteiger partial charge in [-0.05, 0) is 0 Å². The molecule has 1 aromatic rings. The van der Waals surface area contributed by atoms with Gasteiger partial charge in [-0.2, -0.15) is 0 Å². The summed E-state index contributed by atoms with van der Waals surface area (Å²) in [6, 6.07) is 11.1. The normalized spacial score (nSPS) is 11.8. The van der Waals surface area contributed by atoms with E-state index < -0.39 is 0 Å². The van der Waals surface area contributed by atoms with Crippen LogP contribution in [0.4, 0.5) is 0 Å². The van der Waals surface area contributed by atoms with Crippen LogP contribution in [0.2, 0.25) is 4.47 Å². The molecule has 0 saturated heterocycles. The average molecular weight is 465 g/mol. The second-order valence-electron chi connectivity index (χ2n) is 5.34. The molecule has 118 valence electrons. The third kappa shape index (κ3) is 10.6. The fraction of sp³-hybridized carbons (Fsp3) is 0.579. The van der Waals surface area contributed by atoms with E-state index >= 15 is 0 Å². The van der Waals surface area contributed by atoms with Gasteiger partial charge in [0.15, 0.2) is 0 Å². The van der Waals surface area contributed by atoms with Gasteiger partial charge in [-0.25, -0.2) is 0 Å². The van der Waals surface area contributed by atoms with Crippen LogP contribution in [0.25, 0.3) is 0 Å². The molecule has 0 N–H and O–H groups in total. The number of rotatable bonds is 12. The summed E-state index contributed by atoms with van der Waals surface area (Å²) in [6.07, 6.45) is 13.7. The van der Waals surface area contributed by atoms with Gasteiger partial charge in [-0.15, -0.1) is 0 Å². The summed E-state index contributed by atoms with van der Waals surface area (Å²) in [5.74, 6) is 0. The zero-order chi connectivity index (χ0) is 15.2. The first kappa shape index (κ1) is 19.3. The summed E-state index contributed by atoms with van der Waals surface area (Å²) < 4.78 is 4.91. The van der Waals surface area contributed by atoms with Crippen LogP contribution < -0.4 is 4.46 Å². The molecule has 0 atom stereocenters. The molecule has 0 aliphatic rings. The van der Waals surface area contributed by atoms with Crippen LogP contribution in [0.5, 0.6) is 0 Å². The van der Waals surface area contributed by atoms with Crippen LogP contribution in [-0.4, -0.2) is 35.9 Å². The predicted molar refractivity (Wildman–Crippen MR) is 98.8 cm³/mol. The molecule has 0 saturated carbocycles. The van der Waals surface area contributed by atoms with Gasteiger partial charge >= 0.3 is 149 Å². The van der Waals surface area contributed by atoms with E-state index in [2.05, 4.69) is 50.3 Å². The number of hydrogen-bond acceptors (Lipinski definition) is 0. The zero-order valence-corrected chi connectivity index (χ0v) is 17.7. The Balaban J connectivity index is 2.39. The van der Waals surface area contributed by atoms with Crippen molar-refractivity contribution in [3.05, 3.63) is 38.9 Å². The van der Waals surface area contributed by atoms with Crippen LogP contribution >= 0.6 is 0 Å². The molecule has 0 aromatic heterocycles. The van der Waals surface area contributed by atoms with Gasteiger partial charge in [0.1, 0.15) is 0 Å². The van der Waals surface area contributed by atoms with Crippen molar-refractivity contribution in [2.75, 3.05) is 0 Å². The Hall–Kier alpha value is 0.269. The van der Waals surface area contributed by atoms with E-state index in [0.717, 1.165) is 0 Å². The van der Waals surface area contributed by atoms with Gasteiger partial charge in [0.05, 0.1) is 0 Å². The van der Waals surface area contributed by atoms with E-state index in [1.54, 1.807) is 4.46 Å². The van der Waals surface area contributed by atoms with Crippen LogP contribution in [0.1, 0.15) is 65.2 Å². The van der Waals surface area contributed by atoms with Gasteiger partial charge in [-0.1, -0.05) is 0 Å². The minimum atomic E-state index is 0.0988. The predicted octanol–water partition coefficient (Wildman–Crippen LogP) is 5.14. The molecule has 0 spiro atoms. The monoisotopic (exact) mass is 468 g/mol. The first-order chi connectivity index (χ1) is 10.4. The van der Waals surface area contributed by atoms with Crippen molar-refractivity contribution in [2.45, 2.75) is 69.7 Å². The first-order valence-corrected chi connectivity index (χ1v) is 12.9. The molecule has 2 heteroatoms. The fourth-order valence-corrected chi connectivity index (χ4v) is 9.62. The first-order valence-electron chi connectivity index (χ1n) is 8.42. The number of benzene rings is 1. The molecule has 0 amide bonds. The Bertz CT molecular complexity index is 372. The number of allylic oxidation sites excluding steroid dienone is 1. The van der Waals surface area contributed by atoms with Crippen molar-refractivity contribution in [1.29, 1.82) is 0 Å². The molecule has 0 heterocycles. The zero-order valence-electron chi connectivity index (χ0n) is 13.6. The van der Waals surface area contributed by atoms with Gasteiger partial charge in [0.2, 0.25) is 0 Å². The van der Waals surface area contributed by atoms with Crippen molar-refractivity contribution >= 4 is 40.3 Å². The summed E-state index contributed by atoms with van der Waals surface area (Å²) in [5, 5.41) is 0. The van der Waals surface area contributed by atoms with E-state index in [-0.39, 0.29) is 20.9 Å². The maximum atomic E-state index is 2.62. The molecule has 1 rings (SSSR count).